The van der Waals surface area contributed by atoms with Crippen LogP contribution in [0, 0.1) is 11.8 Å². The molecule has 8 heteroatoms. The standard InChI is InChI=1S/C13H20N2O5S/c14-21(18,19)12-5-4-11(20-12)13(17)15-7-9-2-1-3-10(6-9)8-16/h4-5,9-10,16H,1-3,6-8H2,(H,15,17)(H2,14,18,19)/t9-,10+/m0/s1. The molecule has 21 heavy (non-hydrogen) atoms. The fourth-order valence-corrected chi connectivity index (χ4v) is 3.14. The van der Waals surface area contributed by atoms with E-state index in [4.69, 9.17) is 9.56 Å². The number of aliphatic hydroxyl groups excluding tert-OH is 1. The number of rotatable bonds is 5. The highest BCUT2D eigenvalue weighted by Gasteiger charge is 2.23. The van der Waals surface area contributed by atoms with E-state index in [0.717, 1.165) is 31.7 Å². The molecule has 4 N–H and O–H groups in total. The largest absolute Gasteiger partial charge is 0.438 e. The van der Waals surface area contributed by atoms with Gasteiger partial charge in [-0.15, -0.1) is 0 Å². The monoisotopic (exact) mass is 316 g/mol. The van der Waals surface area contributed by atoms with Crippen LogP contribution in [-0.4, -0.2) is 32.6 Å². The second-order valence-electron chi connectivity index (χ2n) is 5.45. The number of carbonyl (C=O) groups excluding carboxylic acids is 1. The van der Waals surface area contributed by atoms with Crippen molar-refractivity contribution in [2.45, 2.75) is 30.8 Å². The number of primary sulfonamides is 1. The summed E-state index contributed by atoms with van der Waals surface area (Å²) in [5.74, 6) is 0.0929. The first-order valence-electron chi connectivity index (χ1n) is 6.92. The molecular formula is C13H20N2O5S. The lowest BCUT2D eigenvalue weighted by atomic mass is 9.82. The van der Waals surface area contributed by atoms with E-state index in [-0.39, 0.29) is 12.4 Å². The number of hydrogen-bond donors (Lipinski definition) is 3. The molecule has 1 aliphatic carbocycles. The first-order chi connectivity index (χ1) is 9.90. The van der Waals surface area contributed by atoms with E-state index in [9.17, 15) is 18.3 Å². The van der Waals surface area contributed by atoms with Crippen LogP contribution < -0.4 is 10.5 Å². The smallest absolute Gasteiger partial charge is 0.287 e. The van der Waals surface area contributed by atoms with Crippen molar-refractivity contribution in [1.82, 2.24) is 5.32 Å². The summed E-state index contributed by atoms with van der Waals surface area (Å²) in [6, 6.07) is 2.44. The lowest BCUT2D eigenvalue weighted by Crippen LogP contribution is -2.32. The van der Waals surface area contributed by atoms with Crippen molar-refractivity contribution in [3.05, 3.63) is 17.9 Å². The Labute approximate surface area is 123 Å². The molecule has 1 aromatic rings. The number of sulfonamides is 1. The lowest BCUT2D eigenvalue weighted by molar-refractivity contribution is 0.0901. The molecule has 1 fully saturated rings. The number of nitrogens with two attached hydrogens (primary N) is 1. The Hall–Kier alpha value is -1.38. The fourth-order valence-electron chi connectivity index (χ4n) is 2.67. The van der Waals surface area contributed by atoms with Crippen LogP contribution in [0.15, 0.2) is 21.6 Å². The molecular weight excluding hydrogens is 296 g/mol. The normalized spacial score (nSPS) is 23.0. The third kappa shape index (κ3) is 4.29. The van der Waals surface area contributed by atoms with Gasteiger partial charge >= 0.3 is 0 Å². The van der Waals surface area contributed by atoms with Gasteiger partial charge in [0.1, 0.15) is 0 Å². The first kappa shape index (κ1) is 16.0. The molecule has 1 heterocycles. The highest BCUT2D eigenvalue weighted by atomic mass is 32.2. The SMILES string of the molecule is NS(=O)(=O)c1ccc(C(=O)NC[C@H]2CCC[C@@H](CO)C2)o1. The highest BCUT2D eigenvalue weighted by Crippen LogP contribution is 2.28. The number of carbonyl (C=O) groups is 1. The van der Waals surface area contributed by atoms with E-state index in [0.29, 0.717) is 18.4 Å². The van der Waals surface area contributed by atoms with Crippen molar-refractivity contribution in [1.29, 1.82) is 0 Å². The van der Waals surface area contributed by atoms with Crippen LogP contribution >= 0.6 is 0 Å². The van der Waals surface area contributed by atoms with Gasteiger partial charge in [0.2, 0.25) is 5.09 Å². The molecule has 0 unspecified atom stereocenters. The van der Waals surface area contributed by atoms with Crippen LogP contribution in [0.3, 0.4) is 0 Å². The molecule has 2 rings (SSSR count). The molecule has 7 nitrogen and oxygen atoms in total. The van der Waals surface area contributed by atoms with Crippen LogP contribution in [0.5, 0.6) is 0 Å². The van der Waals surface area contributed by atoms with Crippen molar-refractivity contribution in [2.24, 2.45) is 17.0 Å². The summed E-state index contributed by atoms with van der Waals surface area (Å²) in [5.41, 5.74) is 0. The van der Waals surface area contributed by atoms with Gasteiger partial charge in [-0.25, -0.2) is 13.6 Å². The predicted octanol–water partition coefficient (Wildman–Crippen LogP) is 0.455. The zero-order chi connectivity index (χ0) is 15.5. The van der Waals surface area contributed by atoms with Crippen molar-refractivity contribution >= 4 is 15.9 Å². The van der Waals surface area contributed by atoms with E-state index in [1.807, 2.05) is 0 Å². The summed E-state index contributed by atoms with van der Waals surface area (Å²) in [7, 11) is -3.94. The maximum atomic E-state index is 11.9. The Balaban J connectivity index is 1.88. The molecule has 2 atom stereocenters. The van der Waals surface area contributed by atoms with E-state index in [2.05, 4.69) is 5.32 Å². The molecule has 0 aliphatic heterocycles. The van der Waals surface area contributed by atoms with E-state index in [1.165, 1.54) is 6.07 Å². The zero-order valence-electron chi connectivity index (χ0n) is 11.6. The van der Waals surface area contributed by atoms with Gasteiger partial charge in [0.05, 0.1) is 0 Å². The average molecular weight is 316 g/mol. The number of nitrogens with one attached hydrogen (secondary N) is 1. The second kappa shape index (κ2) is 6.59. The van der Waals surface area contributed by atoms with Crippen LogP contribution in [0.4, 0.5) is 0 Å². The van der Waals surface area contributed by atoms with Gasteiger partial charge in [-0.2, -0.15) is 0 Å². The minimum Gasteiger partial charge on any atom is -0.438 e. The zero-order valence-corrected chi connectivity index (χ0v) is 12.4. The molecule has 0 saturated heterocycles. The Morgan fingerprint density at radius 3 is 2.71 bits per heavy atom. The van der Waals surface area contributed by atoms with Gasteiger partial charge in [-0.05, 0) is 43.2 Å². The number of amides is 1. The molecule has 118 valence electrons. The molecule has 0 radical (unpaired) electrons. The average Bonchev–Trinajstić information content (AvgIpc) is 2.95. The Morgan fingerprint density at radius 1 is 1.38 bits per heavy atom. The quantitative estimate of drug-likeness (QED) is 0.728. The first-order valence-corrected chi connectivity index (χ1v) is 8.46. The van der Waals surface area contributed by atoms with Crippen LogP contribution in [-0.2, 0) is 10.0 Å². The molecule has 1 amide bonds. The molecule has 1 saturated carbocycles. The van der Waals surface area contributed by atoms with Gasteiger partial charge in [0.15, 0.2) is 5.76 Å². The van der Waals surface area contributed by atoms with Gasteiger partial charge in [0, 0.05) is 13.2 Å². The van der Waals surface area contributed by atoms with E-state index >= 15 is 0 Å². The Morgan fingerprint density at radius 2 is 2.10 bits per heavy atom. The van der Waals surface area contributed by atoms with Crippen LogP contribution in [0.1, 0.15) is 36.2 Å². The maximum absolute atomic E-state index is 11.9. The van der Waals surface area contributed by atoms with Crippen molar-refractivity contribution in [2.75, 3.05) is 13.2 Å². The summed E-state index contributed by atoms with van der Waals surface area (Å²) in [4.78, 5) is 11.9. The summed E-state index contributed by atoms with van der Waals surface area (Å²) in [6.45, 7) is 0.668. The second-order valence-corrected chi connectivity index (χ2v) is 6.95. The van der Waals surface area contributed by atoms with E-state index in [1.54, 1.807) is 0 Å². The van der Waals surface area contributed by atoms with Gasteiger partial charge in [-0.1, -0.05) is 6.42 Å². The minimum atomic E-state index is -3.94. The van der Waals surface area contributed by atoms with Gasteiger partial charge < -0.3 is 14.8 Å². The number of furan rings is 1. The third-order valence-electron chi connectivity index (χ3n) is 3.79. The minimum absolute atomic E-state index is 0.0754. The van der Waals surface area contributed by atoms with E-state index < -0.39 is 21.0 Å². The summed E-state index contributed by atoms with van der Waals surface area (Å²) >= 11 is 0. The number of aliphatic hydroxyl groups is 1. The Kier molecular flexibility index (Phi) is 5.02. The maximum Gasteiger partial charge on any atom is 0.287 e. The van der Waals surface area contributed by atoms with Crippen molar-refractivity contribution < 1.29 is 22.7 Å². The molecule has 1 aromatic heterocycles. The van der Waals surface area contributed by atoms with Gasteiger partial charge in [-0.3, -0.25) is 4.79 Å². The van der Waals surface area contributed by atoms with Crippen molar-refractivity contribution in [3.63, 3.8) is 0 Å². The molecule has 0 spiro atoms. The number of hydrogen-bond acceptors (Lipinski definition) is 5. The summed E-state index contributed by atoms with van der Waals surface area (Å²) in [5, 5.41) is 16.4. The Bertz CT molecular complexity index is 595. The lowest BCUT2D eigenvalue weighted by Gasteiger charge is -2.27. The molecule has 0 bridgehead atoms. The van der Waals surface area contributed by atoms with Crippen LogP contribution in [0.2, 0.25) is 0 Å². The molecule has 1 aliphatic rings. The van der Waals surface area contributed by atoms with Gasteiger partial charge in [0.25, 0.3) is 15.9 Å². The molecule has 0 aromatic carbocycles. The summed E-state index contributed by atoms with van der Waals surface area (Å²) < 4.78 is 27.1. The van der Waals surface area contributed by atoms with Crippen molar-refractivity contribution in [3.8, 4) is 0 Å². The topological polar surface area (TPSA) is 123 Å². The summed E-state index contributed by atoms with van der Waals surface area (Å²) in [6.07, 6.45) is 3.97. The fraction of sp³-hybridized carbons (Fsp3) is 0.615. The predicted molar refractivity (Wildman–Crippen MR) is 74.9 cm³/mol. The van der Waals surface area contributed by atoms with Crippen LogP contribution in [0.25, 0.3) is 0 Å². The third-order valence-corrected chi connectivity index (χ3v) is 4.57. The highest BCUT2D eigenvalue weighted by molar-refractivity contribution is 7.89.